The van der Waals surface area contributed by atoms with Gasteiger partial charge in [0.15, 0.2) is 0 Å². The Labute approximate surface area is 138 Å². The van der Waals surface area contributed by atoms with Gasteiger partial charge in [-0.05, 0) is 68.7 Å². The van der Waals surface area contributed by atoms with Crippen molar-refractivity contribution in [2.45, 2.75) is 33.2 Å². The van der Waals surface area contributed by atoms with Gasteiger partial charge in [-0.2, -0.15) is 0 Å². The second-order valence-electron chi connectivity index (χ2n) is 5.30. The minimum Gasteiger partial charge on any atom is -0.506 e. The predicted octanol–water partition coefficient (Wildman–Crippen LogP) is 3.01. The van der Waals surface area contributed by atoms with Crippen molar-refractivity contribution in [3.63, 3.8) is 0 Å². The van der Waals surface area contributed by atoms with Crippen LogP contribution in [0.2, 0.25) is 0 Å². The van der Waals surface area contributed by atoms with Crippen LogP contribution >= 0.6 is 0 Å². The predicted molar refractivity (Wildman–Crippen MR) is 95.3 cm³/mol. The highest BCUT2D eigenvalue weighted by molar-refractivity contribution is 5.75. The number of phenols is 1. The van der Waals surface area contributed by atoms with Gasteiger partial charge < -0.3 is 15.7 Å². The summed E-state index contributed by atoms with van der Waals surface area (Å²) in [6.07, 6.45) is 10.8. The molecule has 0 heterocycles. The first-order chi connectivity index (χ1) is 11.0. The van der Waals surface area contributed by atoms with E-state index in [9.17, 15) is 9.90 Å². The average molecular weight is 312 g/mol. The first-order valence-corrected chi connectivity index (χ1v) is 7.58. The maximum absolute atomic E-state index is 10.5. The maximum atomic E-state index is 10.5. The first kappa shape index (κ1) is 18.5. The fourth-order valence-corrected chi connectivity index (χ4v) is 2.22. The molecule has 4 heteroatoms. The van der Waals surface area contributed by atoms with Gasteiger partial charge in [-0.1, -0.05) is 18.1 Å². The van der Waals surface area contributed by atoms with E-state index in [0.717, 1.165) is 29.7 Å². The summed E-state index contributed by atoms with van der Waals surface area (Å²) in [5, 5.41) is 15.6. The van der Waals surface area contributed by atoms with E-state index in [1.165, 1.54) is 0 Å². The quantitative estimate of drug-likeness (QED) is 0.299. The molecule has 4 nitrogen and oxygen atoms in total. The molecule has 0 spiro atoms. The van der Waals surface area contributed by atoms with Crippen molar-refractivity contribution < 1.29 is 9.90 Å². The number of hydrogen-bond donors (Lipinski definition) is 3. The van der Waals surface area contributed by atoms with E-state index in [1.807, 2.05) is 32.1 Å². The SMILES string of the molecule is C#C/C(C)=C\C(=C/C)[C@H](C)NCCc1ccc(O)c(NC=O)c1. The second-order valence-corrected chi connectivity index (χ2v) is 5.30. The minimum atomic E-state index is 0.0632. The van der Waals surface area contributed by atoms with Crippen molar-refractivity contribution in [1.82, 2.24) is 5.32 Å². The highest BCUT2D eigenvalue weighted by atomic mass is 16.3. The Kier molecular flexibility index (Phi) is 7.65. The van der Waals surface area contributed by atoms with Gasteiger partial charge in [0.05, 0.1) is 5.69 Å². The van der Waals surface area contributed by atoms with Crippen molar-refractivity contribution in [1.29, 1.82) is 0 Å². The fraction of sp³-hybridized carbons (Fsp3) is 0.316. The van der Waals surface area contributed by atoms with Crippen LogP contribution in [0.1, 0.15) is 26.3 Å². The number of phenolic OH excluding ortho intramolecular Hbond substituents is 1. The largest absolute Gasteiger partial charge is 0.506 e. The lowest BCUT2D eigenvalue weighted by Crippen LogP contribution is -2.29. The van der Waals surface area contributed by atoms with Gasteiger partial charge in [0.2, 0.25) is 6.41 Å². The van der Waals surface area contributed by atoms with Gasteiger partial charge in [0.25, 0.3) is 0 Å². The third kappa shape index (κ3) is 6.01. The topological polar surface area (TPSA) is 61.4 Å². The van der Waals surface area contributed by atoms with Crippen molar-refractivity contribution >= 4 is 12.1 Å². The van der Waals surface area contributed by atoms with E-state index in [0.29, 0.717) is 12.1 Å². The summed E-state index contributed by atoms with van der Waals surface area (Å²) in [4.78, 5) is 10.5. The smallest absolute Gasteiger partial charge is 0.211 e. The van der Waals surface area contributed by atoms with Gasteiger partial charge >= 0.3 is 0 Å². The third-order valence-corrected chi connectivity index (χ3v) is 3.58. The van der Waals surface area contributed by atoms with Gasteiger partial charge in [-0.15, -0.1) is 6.42 Å². The van der Waals surface area contributed by atoms with Crippen molar-refractivity contribution in [3.05, 3.63) is 47.1 Å². The Hall–Kier alpha value is -2.51. The average Bonchev–Trinajstić information content (AvgIpc) is 2.55. The number of benzene rings is 1. The normalized spacial score (nSPS) is 13.3. The van der Waals surface area contributed by atoms with Crippen LogP contribution in [0, 0.1) is 12.3 Å². The molecule has 0 saturated carbocycles. The summed E-state index contributed by atoms with van der Waals surface area (Å²) in [5.74, 6) is 2.69. The summed E-state index contributed by atoms with van der Waals surface area (Å²) in [7, 11) is 0. The standard InChI is InChI=1S/C19H24N2O2/c1-5-14(3)11-17(6-2)15(4)20-10-9-16-7-8-19(23)18(12-16)21-13-22/h1,6-8,11-13,15,20,23H,9-10H2,2-4H3,(H,21,22)/b14-11-,17-6+/t15-/m0/s1. The Morgan fingerprint density at radius 1 is 1.48 bits per heavy atom. The number of anilines is 1. The maximum Gasteiger partial charge on any atom is 0.211 e. The monoisotopic (exact) mass is 312 g/mol. The van der Waals surface area contributed by atoms with Crippen LogP contribution in [0.15, 0.2) is 41.5 Å². The number of amides is 1. The van der Waals surface area contributed by atoms with Gasteiger partial charge in [0.1, 0.15) is 5.75 Å². The van der Waals surface area contributed by atoms with E-state index in [4.69, 9.17) is 6.42 Å². The Morgan fingerprint density at radius 2 is 2.22 bits per heavy atom. The van der Waals surface area contributed by atoms with E-state index in [1.54, 1.807) is 12.1 Å². The van der Waals surface area contributed by atoms with E-state index in [2.05, 4.69) is 23.5 Å². The van der Waals surface area contributed by atoms with E-state index >= 15 is 0 Å². The molecule has 0 aromatic heterocycles. The fourth-order valence-electron chi connectivity index (χ4n) is 2.22. The van der Waals surface area contributed by atoms with Crippen LogP contribution in [0.25, 0.3) is 0 Å². The number of aromatic hydroxyl groups is 1. The lowest BCUT2D eigenvalue weighted by atomic mass is 10.0. The molecule has 1 atom stereocenters. The molecule has 122 valence electrons. The van der Waals surface area contributed by atoms with Gasteiger partial charge in [-0.25, -0.2) is 0 Å². The molecule has 0 radical (unpaired) electrons. The molecule has 0 aliphatic heterocycles. The van der Waals surface area contributed by atoms with Crippen LogP contribution in [-0.4, -0.2) is 24.1 Å². The molecule has 1 rings (SSSR count). The van der Waals surface area contributed by atoms with Crippen LogP contribution in [0.3, 0.4) is 0 Å². The number of carbonyl (C=O) groups is 1. The molecule has 0 aliphatic carbocycles. The number of nitrogens with one attached hydrogen (secondary N) is 2. The number of allylic oxidation sites excluding steroid dienone is 2. The molecule has 3 N–H and O–H groups in total. The van der Waals surface area contributed by atoms with Crippen molar-refractivity contribution in [3.8, 4) is 18.1 Å². The summed E-state index contributed by atoms with van der Waals surface area (Å²) in [6.45, 7) is 6.76. The zero-order valence-corrected chi connectivity index (χ0v) is 13.9. The molecule has 0 aliphatic rings. The lowest BCUT2D eigenvalue weighted by Gasteiger charge is -2.16. The molecule has 0 saturated heterocycles. The zero-order chi connectivity index (χ0) is 17.2. The molecule has 0 bridgehead atoms. The van der Waals surface area contributed by atoms with E-state index < -0.39 is 0 Å². The first-order valence-electron chi connectivity index (χ1n) is 7.58. The van der Waals surface area contributed by atoms with Crippen molar-refractivity contribution in [2.75, 3.05) is 11.9 Å². The van der Waals surface area contributed by atoms with Crippen LogP contribution in [0.5, 0.6) is 5.75 Å². The lowest BCUT2D eigenvalue weighted by molar-refractivity contribution is -0.105. The molecule has 23 heavy (non-hydrogen) atoms. The zero-order valence-electron chi connectivity index (χ0n) is 13.9. The summed E-state index contributed by atoms with van der Waals surface area (Å²) < 4.78 is 0. The molecule has 1 aromatic rings. The number of rotatable bonds is 8. The molecule has 1 amide bonds. The van der Waals surface area contributed by atoms with Gasteiger partial charge in [-0.3, -0.25) is 4.79 Å². The highest BCUT2D eigenvalue weighted by Crippen LogP contribution is 2.23. The molecular formula is C19H24N2O2. The Morgan fingerprint density at radius 3 is 2.83 bits per heavy atom. The Balaban J connectivity index is 2.61. The van der Waals surface area contributed by atoms with Crippen LogP contribution in [0.4, 0.5) is 5.69 Å². The summed E-state index contributed by atoms with van der Waals surface area (Å²) >= 11 is 0. The molecule has 0 fully saturated rings. The molecule has 0 unspecified atom stereocenters. The molecular weight excluding hydrogens is 288 g/mol. The number of hydrogen-bond acceptors (Lipinski definition) is 3. The van der Waals surface area contributed by atoms with Crippen molar-refractivity contribution in [2.24, 2.45) is 0 Å². The Bertz CT molecular complexity index is 639. The minimum absolute atomic E-state index is 0.0632. The summed E-state index contributed by atoms with van der Waals surface area (Å²) in [6, 6.07) is 5.39. The highest BCUT2D eigenvalue weighted by Gasteiger charge is 2.06. The number of terminal acetylenes is 1. The van der Waals surface area contributed by atoms with Crippen LogP contribution in [-0.2, 0) is 11.2 Å². The second kappa shape index (κ2) is 9.50. The van der Waals surface area contributed by atoms with E-state index in [-0.39, 0.29) is 11.8 Å². The van der Waals surface area contributed by atoms with Gasteiger partial charge in [0, 0.05) is 6.04 Å². The van der Waals surface area contributed by atoms with Crippen LogP contribution < -0.4 is 10.6 Å². The number of carbonyl (C=O) groups excluding carboxylic acids is 1. The summed E-state index contributed by atoms with van der Waals surface area (Å²) in [5.41, 5.74) is 3.50. The third-order valence-electron chi connectivity index (χ3n) is 3.58. The molecule has 1 aromatic carbocycles.